The number of para-hydroxylation sites is 1. The third kappa shape index (κ3) is 4.62. The monoisotopic (exact) mass is 411 g/mol. The second-order valence-electron chi connectivity index (χ2n) is 7.70. The fraction of sp³-hybridized carbons (Fsp3) is 0.391. The minimum absolute atomic E-state index is 0.0917. The molecule has 0 N–H and O–H groups in total. The van der Waals surface area contributed by atoms with Gasteiger partial charge in [-0.05, 0) is 36.1 Å². The first kappa shape index (κ1) is 19.9. The van der Waals surface area contributed by atoms with Gasteiger partial charge in [-0.1, -0.05) is 48.0 Å². The lowest BCUT2D eigenvalue weighted by atomic mass is 10.0. The lowest BCUT2D eigenvalue weighted by molar-refractivity contribution is -0.132. The number of hydrogen-bond donors (Lipinski definition) is 0. The van der Waals surface area contributed by atoms with Gasteiger partial charge < -0.3 is 9.80 Å². The quantitative estimate of drug-likeness (QED) is 0.776. The number of rotatable bonds is 4. The van der Waals surface area contributed by atoms with Crippen LogP contribution in [0.3, 0.4) is 0 Å². The Bertz CT molecular complexity index is 893. The molecule has 1 saturated heterocycles. The number of aryl methyl sites for hydroxylation is 1. The summed E-state index contributed by atoms with van der Waals surface area (Å²) in [4.78, 5) is 31.5. The summed E-state index contributed by atoms with van der Waals surface area (Å²) in [5, 5.41) is 0.631. The molecule has 2 aliphatic rings. The first-order chi connectivity index (χ1) is 14.1. The first-order valence-electron chi connectivity index (χ1n) is 10.2. The number of nitrogens with zero attached hydrogens (tertiary/aromatic N) is 3. The second-order valence-corrected chi connectivity index (χ2v) is 8.11. The van der Waals surface area contributed by atoms with Crippen molar-refractivity contribution in [2.45, 2.75) is 19.3 Å². The summed E-state index contributed by atoms with van der Waals surface area (Å²) in [6, 6.07) is 15.6. The lowest BCUT2D eigenvalue weighted by Gasteiger charge is -2.36. The third-order valence-electron chi connectivity index (χ3n) is 5.79. The van der Waals surface area contributed by atoms with E-state index in [0.29, 0.717) is 31.1 Å². The van der Waals surface area contributed by atoms with Crippen molar-refractivity contribution in [3.63, 3.8) is 0 Å². The van der Waals surface area contributed by atoms with Gasteiger partial charge in [-0.2, -0.15) is 0 Å². The van der Waals surface area contributed by atoms with Crippen LogP contribution in [-0.2, 0) is 22.4 Å². The van der Waals surface area contributed by atoms with E-state index in [4.69, 9.17) is 11.6 Å². The van der Waals surface area contributed by atoms with Gasteiger partial charge in [0.15, 0.2) is 0 Å². The van der Waals surface area contributed by atoms with Crippen molar-refractivity contribution in [1.29, 1.82) is 0 Å². The summed E-state index contributed by atoms with van der Waals surface area (Å²) in [5.74, 6) is 0.238. The fourth-order valence-electron chi connectivity index (χ4n) is 4.14. The Kier molecular flexibility index (Phi) is 6.16. The number of halogens is 1. The zero-order valence-corrected chi connectivity index (χ0v) is 17.3. The van der Waals surface area contributed by atoms with Crippen LogP contribution < -0.4 is 4.90 Å². The molecule has 5 nitrogen and oxygen atoms in total. The van der Waals surface area contributed by atoms with Crippen LogP contribution >= 0.6 is 11.6 Å². The van der Waals surface area contributed by atoms with E-state index in [0.717, 1.165) is 43.7 Å². The Balaban J connectivity index is 1.30. The highest BCUT2D eigenvalue weighted by molar-refractivity contribution is 6.31. The molecule has 6 heteroatoms. The molecule has 0 aromatic heterocycles. The highest BCUT2D eigenvalue weighted by Gasteiger charge is 2.27. The van der Waals surface area contributed by atoms with Gasteiger partial charge in [0.2, 0.25) is 11.8 Å². The van der Waals surface area contributed by atoms with E-state index >= 15 is 0 Å². The van der Waals surface area contributed by atoms with Gasteiger partial charge in [0.25, 0.3) is 0 Å². The molecule has 4 rings (SSSR count). The summed E-state index contributed by atoms with van der Waals surface area (Å²) in [6.07, 6.45) is 2.36. The van der Waals surface area contributed by atoms with Crippen molar-refractivity contribution in [1.82, 2.24) is 9.80 Å². The van der Waals surface area contributed by atoms with E-state index in [1.54, 1.807) is 0 Å². The number of amides is 2. The number of benzene rings is 2. The normalized spacial score (nSPS) is 17.1. The van der Waals surface area contributed by atoms with Gasteiger partial charge in [-0.3, -0.25) is 14.5 Å². The Morgan fingerprint density at radius 1 is 0.862 bits per heavy atom. The summed E-state index contributed by atoms with van der Waals surface area (Å²) in [6.45, 7) is 3.91. The minimum Gasteiger partial charge on any atom is -0.340 e. The van der Waals surface area contributed by atoms with Crippen molar-refractivity contribution in [2.75, 3.05) is 44.2 Å². The maximum atomic E-state index is 12.9. The minimum atomic E-state index is 0.0917. The molecule has 0 radical (unpaired) electrons. The number of piperazine rings is 1. The van der Waals surface area contributed by atoms with Gasteiger partial charge in [-0.15, -0.1) is 0 Å². The zero-order valence-electron chi connectivity index (χ0n) is 16.5. The van der Waals surface area contributed by atoms with E-state index < -0.39 is 0 Å². The van der Waals surface area contributed by atoms with Gasteiger partial charge in [-0.25, -0.2) is 0 Å². The van der Waals surface area contributed by atoms with Gasteiger partial charge in [0, 0.05) is 43.4 Å². The smallest absolute Gasteiger partial charge is 0.241 e. The van der Waals surface area contributed by atoms with E-state index in [9.17, 15) is 9.59 Å². The molecule has 2 aromatic rings. The summed E-state index contributed by atoms with van der Waals surface area (Å²) in [7, 11) is 0. The van der Waals surface area contributed by atoms with Gasteiger partial charge in [0.1, 0.15) is 0 Å². The molecule has 2 aliphatic heterocycles. The van der Waals surface area contributed by atoms with E-state index in [1.165, 1.54) is 5.56 Å². The van der Waals surface area contributed by atoms with E-state index in [-0.39, 0.29) is 11.8 Å². The number of fused-ring (bicyclic) bond motifs is 1. The molecule has 0 saturated carbocycles. The van der Waals surface area contributed by atoms with Crippen molar-refractivity contribution >= 4 is 29.1 Å². The molecule has 2 aromatic carbocycles. The van der Waals surface area contributed by atoms with Crippen molar-refractivity contribution in [2.24, 2.45) is 0 Å². The van der Waals surface area contributed by atoms with Crippen LogP contribution in [0, 0.1) is 0 Å². The van der Waals surface area contributed by atoms with Crippen LogP contribution in [0.5, 0.6) is 0 Å². The topological polar surface area (TPSA) is 43.9 Å². The third-order valence-corrected chi connectivity index (χ3v) is 6.16. The summed E-state index contributed by atoms with van der Waals surface area (Å²) in [5.41, 5.74) is 3.17. The molecule has 0 aliphatic carbocycles. The first-order valence-corrected chi connectivity index (χ1v) is 10.6. The molecule has 152 valence electrons. The molecular formula is C23H26ClN3O2. The standard InChI is InChI=1S/C23H26ClN3O2/c24-20-9-3-1-7-19(20)16-22(28)26-14-12-25(13-15-26)17-23(29)27-11-5-8-18-6-2-4-10-21(18)27/h1-4,6-7,9-10H,5,8,11-17H2. The van der Waals surface area contributed by atoms with Crippen LogP contribution in [0.2, 0.25) is 5.02 Å². The number of carbonyl (C=O) groups is 2. The summed E-state index contributed by atoms with van der Waals surface area (Å²) >= 11 is 6.18. The molecule has 29 heavy (non-hydrogen) atoms. The molecule has 0 atom stereocenters. The van der Waals surface area contributed by atoms with Crippen LogP contribution in [0.1, 0.15) is 17.5 Å². The van der Waals surface area contributed by atoms with Crippen LogP contribution in [0.25, 0.3) is 0 Å². The van der Waals surface area contributed by atoms with Crippen LogP contribution in [-0.4, -0.2) is 60.9 Å². The molecule has 0 unspecified atom stereocenters. The van der Waals surface area contributed by atoms with Crippen molar-refractivity contribution in [3.8, 4) is 0 Å². The lowest BCUT2D eigenvalue weighted by Crippen LogP contribution is -2.52. The fourth-order valence-corrected chi connectivity index (χ4v) is 4.34. The molecule has 1 fully saturated rings. The Morgan fingerprint density at radius 3 is 2.38 bits per heavy atom. The molecule has 2 heterocycles. The van der Waals surface area contributed by atoms with E-state index in [2.05, 4.69) is 11.0 Å². The second kappa shape index (κ2) is 8.97. The number of anilines is 1. The summed E-state index contributed by atoms with van der Waals surface area (Å²) < 4.78 is 0. The van der Waals surface area contributed by atoms with Crippen molar-refractivity contribution in [3.05, 3.63) is 64.7 Å². The average molecular weight is 412 g/mol. The largest absolute Gasteiger partial charge is 0.340 e. The maximum absolute atomic E-state index is 12.9. The predicted octanol–water partition coefficient (Wildman–Crippen LogP) is 3.01. The van der Waals surface area contributed by atoms with Crippen LogP contribution in [0.4, 0.5) is 5.69 Å². The average Bonchev–Trinajstić information content (AvgIpc) is 2.75. The van der Waals surface area contributed by atoms with E-state index in [1.807, 2.05) is 52.3 Å². The van der Waals surface area contributed by atoms with Gasteiger partial charge >= 0.3 is 0 Å². The molecular weight excluding hydrogens is 386 g/mol. The Labute approximate surface area is 176 Å². The van der Waals surface area contributed by atoms with Crippen LogP contribution in [0.15, 0.2) is 48.5 Å². The number of carbonyl (C=O) groups excluding carboxylic acids is 2. The number of hydrogen-bond acceptors (Lipinski definition) is 3. The molecule has 0 bridgehead atoms. The highest BCUT2D eigenvalue weighted by Crippen LogP contribution is 2.27. The Morgan fingerprint density at radius 2 is 1.59 bits per heavy atom. The molecule has 2 amide bonds. The predicted molar refractivity (Wildman–Crippen MR) is 115 cm³/mol. The molecule has 0 spiro atoms. The van der Waals surface area contributed by atoms with Crippen molar-refractivity contribution < 1.29 is 9.59 Å². The SMILES string of the molecule is O=C(Cc1ccccc1Cl)N1CCN(CC(=O)N2CCCc3ccccc32)CC1. The maximum Gasteiger partial charge on any atom is 0.241 e. The van der Waals surface area contributed by atoms with Gasteiger partial charge in [0.05, 0.1) is 13.0 Å². The highest BCUT2D eigenvalue weighted by atomic mass is 35.5. The Hall–Kier alpha value is -2.37. The zero-order chi connectivity index (χ0) is 20.2.